The maximum absolute atomic E-state index is 11.4. The summed E-state index contributed by atoms with van der Waals surface area (Å²) in [6.45, 7) is 4.94. The summed E-state index contributed by atoms with van der Waals surface area (Å²) >= 11 is 0. The van der Waals surface area contributed by atoms with E-state index in [9.17, 15) is 10.1 Å². The smallest absolute Gasteiger partial charge is 0.270 e. The molecule has 4 aromatic rings. The Morgan fingerprint density at radius 1 is 0.875 bits per heavy atom. The minimum atomic E-state index is -0.388. The van der Waals surface area contributed by atoms with Crippen molar-refractivity contribution in [3.05, 3.63) is 82.9 Å². The lowest BCUT2D eigenvalue weighted by Gasteiger charge is -2.15. The summed E-state index contributed by atoms with van der Waals surface area (Å²) in [6.07, 6.45) is 0. The zero-order chi connectivity index (χ0) is 21.8. The van der Waals surface area contributed by atoms with Gasteiger partial charge in [0.2, 0.25) is 0 Å². The summed E-state index contributed by atoms with van der Waals surface area (Å²) in [5.74, 6) is 1.44. The van der Waals surface area contributed by atoms with Crippen LogP contribution in [0.2, 0.25) is 0 Å². The first-order chi connectivity index (χ1) is 15.1. The molecule has 0 atom stereocenters. The van der Waals surface area contributed by atoms with Gasteiger partial charge in [-0.2, -0.15) is 0 Å². The Balaban J connectivity index is 0.00000289. The SMILES string of the molecule is CCOc1ccc(OCC)c(-c2cc(-c3ccccc3)c3cc([N+](=O)[O-])ccc3n2)c1.Cl. The molecule has 0 radical (unpaired) electrons. The van der Waals surface area contributed by atoms with E-state index in [1.807, 2.05) is 68.4 Å². The molecule has 1 heterocycles. The molecule has 164 valence electrons. The van der Waals surface area contributed by atoms with Crippen LogP contribution in [0, 0.1) is 10.1 Å². The molecule has 0 amide bonds. The number of hydrogen-bond donors (Lipinski definition) is 0. The Morgan fingerprint density at radius 3 is 2.31 bits per heavy atom. The van der Waals surface area contributed by atoms with E-state index in [1.165, 1.54) is 6.07 Å². The molecule has 0 N–H and O–H groups in total. The summed E-state index contributed by atoms with van der Waals surface area (Å²) in [4.78, 5) is 15.8. The van der Waals surface area contributed by atoms with Gasteiger partial charge in [-0.05, 0) is 55.3 Å². The second kappa shape index (κ2) is 10.1. The lowest BCUT2D eigenvalue weighted by molar-refractivity contribution is -0.384. The Hall–Kier alpha value is -3.64. The van der Waals surface area contributed by atoms with E-state index in [1.54, 1.807) is 12.1 Å². The lowest BCUT2D eigenvalue weighted by Crippen LogP contribution is -1.98. The highest BCUT2D eigenvalue weighted by Gasteiger charge is 2.16. The van der Waals surface area contributed by atoms with Crippen LogP contribution < -0.4 is 9.47 Å². The average molecular weight is 451 g/mol. The molecule has 32 heavy (non-hydrogen) atoms. The second-order valence-corrected chi connectivity index (χ2v) is 6.90. The number of pyridine rings is 1. The molecule has 0 fully saturated rings. The van der Waals surface area contributed by atoms with Crippen LogP contribution in [0.5, 0.6) is 11.5 Å². The van der Waals surface area contributed by atoms with Crippen molar-refractivity contribution in [1.29, 1.82) is 0 Å². The van der Waals surface area contributed by atoms with Crippen LogP contribution in [0.4, 0.5) is 5.69 Å². The minimum absolute atomic E-state index is 0. The van der Waals surface area contributed by atoms with Crippen LogP contribution >= 0.6 is 12.4 Å². The molecule has 1 aromatic heterocycles. The van der Waals surface area contributed by atoms with Gasteiger partial charge in [-0.3, -0.25) is 10.1 Å². The molecule has 0 aliphatic rings. The number of ether oxygens (including phenoxy) is 2. The molecule has 7 heteroatoms. The minimum Gasteiger partial charge on any atom is -0.494 e. The number of aromatic nitrogens is 1. The van der Waals surface area contributed by atoms with E-state index in [4.69, 9.17) is 14.5 Å². The summed E-state index contributed by atoms with van der Waals surface area (Å²) in [7, 11) is 0. The zero-order valence-corrected chi connectivity index (χ0v) is 18.6. The van der Waals surface area contributed by atoms with Crippen molar-refractivity contribution in [3.63, 3.8) is 0 Å². The molecule has 0 saturated heterocycles. The quantitative estimate of drug-likeness (QED) is 0.231. The van der Waals surface area contributed by atoms with Crippen LogP contribution in [0.3, 0.4) is 0 Å². The summed E-state index contributed by atoms with van der Waals surface area (Å²) in [5, 5.41) is 12.1. The van der Waals surface area contributed by atoms with Crippen molar-refractivity contribution in [2.45, 2.75) is 13.8 Å². The number of non-ortho nitro benzene ring substituents is 1. The van der Waals surface area contributed by atoms with E-state index in [0.29, 0.717) is 30.2 Å². The Bertz CT molecular complexity index is 1250. The highest BCUT2D eigenvalue weighted by Crippen LogP contribution is 2.38. The molecule has 0 aliphatic carbocycles. The number of benzene rings is 3. The molecule has 0 spiro atoms. The summed E-state index contributed by atoms with van der Waals surface area (Å²) in [5.41, 5.74) is 4.05. The number of fused-ring (bicyclic) bond motifs is 1. The summed E-state index contributed by atoms with van der Waals surface area (Å²) < 4.78 is 11.5. The van der Waals surface area contributed by atoms with Gasteiger partial charge in [0.1, 0.15) is 11.5 Å². The van der Waals surface area contributed by atoms with Crippen LogP contribution in [0.25, 0.3) is 33.3 Å². The van der Waals surface area contributed by atoms with Gasteiger partial charge in [0, 0.05) is 23.1 Å². The van der Waals surface area contributed by atoms with Gasteiger partial charge in [0.15, 0.2) is 0 Å². The molecule has 0 bridgehead atoms. The van der Waals surface area contributed by atoms with Crippen LogP contribution in [-0.4, -0.2) is 23.1 Å². The number of rotatable bonds is 7. The average Bonchev–Trinajstić information content (AvgIpc) is 2.80. The van der Waals surface area contributed by atoms with E-state index in [2.05, 4.69) is 0 Å². The molecule has 3 aromatic carbocycles. The lowest BCUT2D eigenvalue weighted by atomic mass is 9.97. The van der Waals surface area contributed by atoms with E-state index >= 15 is 0 Å². The van der Waals surface area contributed by atoms with E-state index in [-0.39, 0.29) is 23.0 Å². The maximum atomic E-state index is 11.4. The highest BCUT2D eigenvalue weighted by atomic mass is 35.5. The normalized spacial score (nSPS) is 10.4. The van der Waals surface area contributed by atoms with Gasteiger partial charge in [0.05, 0.1) is 29.3 Å². The van der Waals surface area contributed by atoms with Crippen LogP contribution in [0.1, 0.15) is 13.8 Å². The number of nitro benzene ring substituents is 1. The van der Waals surface area contributed by atoms with Gasteiger partial charge in [-0.15, -0.1) is 12.4 Å². The Kier molecular flexibility index (Phi) is 7.28. The fourth-order valence-electron chi connectivity index (χ4n) is 3.57. The third-order valence-corrected chi connectivity index (χ3v) is 4.93. The van der Waals surface area contributed by atoms with Gasteiger partial charge < -0.3 is 9.47 Å². The first-order valence-electron chi connectivity index (χ1n) is 10.1. The van der Waals surface area contributed by atoms with Crippen molar-refractivity contribution in [3.8, 4) is 33.9 Å². The molecule has 4 rings (SSSR count). The third kappa shape index (κ3) is 4.65. The van der Waals surface area contributed by atoms with E-state index in [0.717, 1.165) is 27.8 Å². The maximum Gasteiger partial charge on any atom is 0.270 e. The molecular formula is C25H23ClN2O4. The third-order valence-electron chi connectivity index (χ3n) is 4.93. The molecule has 0 unspecified atom stereocenters. The van der Waals surface area contributed by atoms with Gasteiger partial charge in [-0.1, -0.05) is 30.3 Å². The fourth-order valence-corrected chi connectivity index (χ4v) is 3.57. The highest BCUT2D eigenvalue weighted by molar-refractivity contribution is 5.98. The van der Waals surface area contributed by atoms with E-state index < -0.39 is 0 Å². The Morgan fingerprint density at radius 2 is 1.62 bits per heavy atom. The van der Waals surface area contributed by atoms with Crippen LogP contribution in [0.15, 0.2) is 72.8 Å². The standard InChI is InChI=1S/C25H22N2O4.ClH/c1-3-30-19-11-13-25(31-4-2)22(15-19)24-16-20(17-8-6-5-7-9-17)21-14-18(27(28)29)10-12-23(21)26-24;/h5-16H,3-4H2,1-2H3;1H. The first kappa shape index (κ1) is 23.0. The molecular weight excluding hydrogens is 428 g/mol. The van der Waals surface area contributed by atoms with Crippen molar-refractivity contribution >= 4 is 29.0 Å². The topological polar surface area (TPSA) is 74.5 Å². The van der Waals surface area contributed by atoms with Crippen LogP contribution in [-0.2, 0) is 0 Å². The first-order valence-corrected chi connectivity index (χ1v) is 10.1. The number of hydrogen-bond acceptors (Lipinski definition) is 5. The number of nitrogens with zero attached hydrogens (tertiary/aromatic N) is 2. The van der Waals surface area contributed by atoms with Crippen molar-refractivity contribution < 1.29 is 14.4 Å². The zero-order valence-electron chi connectivity index (χ0n) is 17.8. The molecule has 0 aliphatic heterocycles. The predicted octanol–water partition coefficient (Wildman–Crippen LogP) is 6.70. The monoisotopic (exact) mass is 450 g/mol. The van der Waals surface area contributed by atoms with Crippen molar-refractivity contribution in [1.82, 2.24) is 4.98 Å². The van der Waals surface area contributed by atoms with Gasteiger partial charge >= 0.3 is 0 Å². The largest absolute Gasteiger partial charge is 0.494 e. The van der Waals surface area contributed by atoms with Crippen molar-refractivity contribution in [2.75, 3.05) is 13.2 Å². The van der Waals surface area contributed by atoms with Crippen molar-refractivity contribution in [2.24, 2.45) is 0 Å². The van der Waals surface area contributed by atoms with Gasteiger partial charge in [0.25, 0.3) is 5.69 Å². The molecule has 6 nitrogen and oxygen atoms in total. The Labute approximate surface area is 192 Å². The fraction of sp³-hybridized carbons (Fsp3) is 0.160. The number of nitro groups is 1. The summed E-state index contributed by atoms with van der Waals surface area (Å²) in [6, 6.07) is 22.2. The number of halogens is 1. The second-order valence-electron chi connectivity index (χ2n) is 6.90. The molecule has 0 saturated carbocycles. The predicted molar refractivity (Wildman–Crippen MR) is 129 cm³/mol. The van der Waals surface area contributed by atoms with Gasteiger partial charge in [-0.25, -0.2) is 4.98 Å².